The summed E-state index contributed by atoms with van der Waals surface area (Å²) >= 11 is 0. The number of rotatable bonds is 5. The summed E-state index contributed by atoms with van der Waals surface area (Å²) in [5.41, 5.74) is -0.261. The topological polar surface area (TPSA) is 74.2 Å². The molecule has 2 saturated heterocycles. The molecule has 182 valence electrons. The maximum absolute atomic E-state index is 13.5. The van der Waals surface area contributed by atoms with E-state index in [4.69, 9.17) is 0 Å². The van der Waals surface area contributed by atoms with E-state index in [1.165, 1.54) is 4.90 Å². The lowest BCUT2D eigenvalue weighted by Crippen LogP contribution is -2.57. The van der Waals surface area contributed by atoms with Gasteiger partial charge in [-0.25, -0.2) is 18.7 Å². The fourth-order valence-corrected chi connectivity index (χ4v) is 4.31. The molecule has 4 heterocycles. The van der Waals surface area contributed by atoms with E-state index in [-0.39, 0.29) is 35.3 Å². The Bertz CT molecular complexity index is 1070. The van der Waals surface area contributed by atoms with E-state index in [0.29, 0.717) is 31.6 Å². The van der Waals surface area contributed by atoms with Crippen molar-refractivity contribution in [2.75, 3.05) is 36.4 Å². The molecule has 1 saturated carbocycles. The zero-order valence-corrected chi connectivity index (χ0v) is 18.2. The van der Waals surface area contributed by atoms with Crippen LogP contribution in [0.5, 0.6) is 0 Å². The van der Waals surface area contributed by atoms with Crippen LogP contribution in [0.3, 0.4) is 0 Å². The zero-order valence-electron chi connectivity index (χ0n) is 18.2. The normalized spacial score (nSPS) is 20.7. The monoisotopic (exact) mass is 482 g/mol. The van der Waals surface area contributed by atoms with Gasteiger partial charge in [-0.3, -0.25) is 4.79 Å². The number of piperidine rings is 1. The molecule has 0 atom stereocenters. The van der Waals surface area contributed by atoms with Crippen molar-refractivity contribution in [1.29, 1.82) is 0 Å². The Morgan fingerprint density at radius 1 is 1.03 bits per heavy atom. The molecule has 2 aromatic heterocycles. The largest absolute Gasteiger partial charge is 0.416 e. The van der Waals surface area contributed by atoms with Gasteiger partial charge in [0.2, 0.25) is 11.9 Å². The predicted octanol–water partition coefficient (Wildman–Crippen LogP) is 4.21. The van der Waals surface area contributed by atoms with Crippen LogP contribution in [0.1, 0.15) is 42.9 Å². The number of amides is 1. The number of hydrogen-bond donors (Lipinski definition) is 1. The first-order valence-electron chi connectivity index (χ1n) is 11.2. The summed E-state index contributed by atoms with van der Waals surface area (Å²) in [6.45, 7) is 0.121. The second kappa shape index (κ2) is 8.31. The molecular weight excluding hydrogens is 459 g/mol. The average molecular weight is 482 g/mol. The second-order valence-electron chi connectivity index (χ2n) is 9.12. The van der Waals surface area contributed by atoms with Crippen molar-refractivity contribution < 1.29 is 26.7 Å². The van der Waals surface area contributed by atoms with Gasteiger partial charge in [0.05, 0.1) is 24.3 Å². The van der Waals surface area contributed by atoms with E-state index in [0.717, 1.165) is 31.2 Å². The van der Waals surface area contributed by atoms with Gasteiger partial charge in [-0.1, -0.05) is 0 Å². The molecule has 0 bridgehead atoms. The van der Waals surface area contributed by atoms with Crippen molar-refractivity contribution >= 4 is 23.5 Å². The van der Waals surface area contributed by atoms with Crippen molar-refractivity contribution in [1.82, 2.24) is 19.9 Å². The average Bonchev–Trinajstić information content (AvgIpc) is 3.62. The molecule has 1 amide bonds. The second-order valence-corrected chi connectivity index (χ2v) is 9.12. The smallest absolute Gasteiger partial charge is 0.342 e. The maximum atomic E-state index is 13.5. The summed E-state index contributed by atoms with van der Waals surface area (Å²) in [5.74, 6) is -2.32. The molecule has 0 unspecified atom stereocenters. The van der Waals surface area contributed by atoms with Crippen molar-refractivity contribution in [2.45, 2.75) is 43.7 Å². The predicted molar refractivity (Wildman–Crippen MR) is 113 cm³/mol. The number of carbonyl (C=O) groups is 1. The molecule has 12 heteroatoms. The van der Waals surface area contributed by atoms with Crippen LogP contribution >= 0.6 is 0 Å². The zero-order chi connectivity index (χ0) is 24.1. The van der Waals surface area contributed by atoms with Gasteiger partial charge < -0.3 is 15.1 Å². The maximum Gasteiger partial charge on any atom is 0.416 e. The highest BCUT2D eigenvalue weighted by Gasteiger charge is 2.45. The molecule has 5 rings (SSSR count). The minimum absolute atomic E-state index is 0.0261. The van der Waals surface area contributed by atoms with Gasteiger partial charge in [0.1, 0.15) is 11.6 Å². The van der Waals surface area contributed by atoms with Crippen LogP contribution in [0.15, 0.2) is 24.4 Å². The lowest BCUT2D eigenvalue weighted by atomic mass is 9.93. The van der Waals surface area contributed by atoms with Gasteiger partial charge in [0.25, 0.3) is 5.92 Å². The number of pyridine rings is 1. The van der Waals surface area contributed by atoms with Crippen LogP contribution in [-0.2, 0) is 11.0 Å². The Labute approximate surface area is 192 Å². The molecule has 7 nitrogen and oxygen atoms in total. The molecule has 2 aliphatic heterocycles. The van der Waals surface area contributed by atoms with Gasteiger partial charge in [-0.05, 0) is 37.8 Å². The Morgan fingerprint density at radius 2 is 1.74 bits per heavy atom. The van der Waals surface area contributed by atoms with Crippen LogP contribution < -0.4 is 10.2 Å². The van der Waals surface area contributed by atoms with E-state index in [9.17, 15) is 26.7 Å². The minimum atomic E-state index is -4.53. The summed E-state index contributed by atoms with van der Waals surface area (Å²) in [6.07, 6.45) is -0.300. The van der Waals surface area contributed by atoms with E-state index < -0.39 is 30.8 Å². The van der Waals surface area contributed by atoms with Crippen LogP contribution in [-0.4, -0.2) is 57.9 Å². The molecule has 0 aromatic carbocycles. The molecular formula is C22H23F5N6O. The quantitative estimate of drug-likeness (QED) is 0.644. The standard InChI is InChI=1S/C22H23F5N6O/c23-21(24)11-33(12-21)20-29-16(13-4-7-32(8-5-13)19(34)14-1-2-14)10-18(31-20)30-17-9-15(3-6-28-17)22(25,26)27/h3,6,9-10,13-14H,1-2,4-5,7-8,11-12H2,(H,28,29,30,31). The van der Waals surface area contributed by atoms with Gasteiger partial charge in [-0.2, -0.15) is 18.2 Å². The Morgan fingerprint density at radius 3 is 2.35 bits per heavy atom. The summed E-state index contributed by atoms with van der Waals surface area (Å²) < 4.78 is 66.1. The molecule has 0 spiro atoms. The van der Waals surface area contributed by atoms with Crippen LogP contribution in [0.2, 0.25) is 0 Å². The molecule has 1 aliphatic carbocycles. The number of carbonyl (C=O) groups excluding carboxylic acids is 1. The molecule has 0 radical (unpaired) electrons. The molecule has 3 fully saturated rings. The number of alkyl halides is 5. The third kappa shape index (κ3) is 4.90. The number of nitrogens with zero attached hydrogens (tertiary/aromatic N) is 5. The fourth-order valence-electron chi connectivity index (χ4n) is 4.31. The van der Waals surface area contributed by atoms with Gasteiger partial charge >= 0.3 is 6.18 Å². The first-order chi connectivity index (χ1) is 16.1. The van der Waals surface area contributed by atoms with Crippen molar-refractivity contribution in [3.8, 4) is 0 Å². The van der Waals surface area contributed by atoms with Crippen molar-refractivity contribution in [3.63, 3.8) is 0 Å². The first-order valence-corrected chi connectivity index (χ1v) is 11.2. The third-order valence-electron chi connectivity index (χ3n) is 6.36. The third-order valence-corrected chi connectivity index (χ3v) is 6.36. The Balaban J connectivity index is 1.37. The highest BCUT2D eigenvalue weighted by atomic mass is 19.4. The summed E-state index contributed by atoms with van der Waals surface area (Å²) in [5, 5.41) is 2.77. The summed E-state index contributed by atoms with van der Waals surface area (Å²) in [7, 11) is 0. The number of nitrogens with one attached hydrogen (secondary N) is 1. The number of hydrogen-bond acceptors (Lipinski definition) is 6. The first kappa shape index (κ1) is 22.7. The number of halogens is 5. The van der Waals surface area contributed by atoms with Crippen molar-refractivity contribution in [3.05, 3.63) is 35.7 Å². The number of aromatic nitrogens is 3. The van der Waals surface area contributed by atoms with Crippen LogP contribution in [0.4, 0.5) is 39.5 Å². The fraction of sp³-hybridized carbons (Fsp3) is 0.545. The molecule has 34 heavy (non-hydrogen) atoms. The SMILES string of the molecule is O=C(C1CC1)N1CCC(c2cc(Nc3cc(C(F)(F)F)ccn3)nc(N3CC(F)(F)C3)n2)CC1. The van der Waals surface area contributed by atoms with Gasteiger partial charge in [0.15, 0.2) is 0 Å². The highest BCUT2D eigenvalue weighted by Crippen LogP contribution is 2.37. The summed E-state index contributed by atoms with van der Waals surface area (Å²) in [4.78, 5) is 28.2. The van der Waals surface area contributed by atoms with E-state index in [1.807, 2.05) is 4.90 Å². The van der Waals surface area contributed by atoms with Gasteiger partial charge in [0, 0.05) is 37.2 Å². The number of anilines is 3. The van der Waals surface area contributed by atoms with Crippen LogP contribution in [0.25, 0.3) is 0 Å². The molecule has 2 aromatic rings. The highest BCUT2D eigenvalue weighted by molar-refractivity contribution is 5.81. The van der Waals surface area contributed by atoms with Gasteiger partial charge in [-0.15, -0.1) is 0 Å². The number of likely N-dealkylation sites (tertiary alicyclic amines) is 1. The molecule has 3 aliphatic rings. The lowest BCUT2D eigenvalue weighted by Gasteiger charge is -2.39. The Kier molecular flexibility index (Phi) is 5.56. The minimum Gasteiger partial charge on any atom is -0.342 e. The molecule has 1 N–H and O–H groups in total. The Hall–Kier alpha value is -3.05. The lowest BCUT2D eigenvalue weighted by molar-refractivity contribution is -0.137. The van der Waals surface area contributed by atoms with E-state index in [1.54, 1.807) is 6.07 Å². The van der Waals surface area contributed by atoms with E-state index in [2.05, 4.69) is 20.3 Å². The van der Waals surface area contributed by atoms with E-state index >= 15 is 0 Å². The van der Waals surface area contributed by atoms with Crippen molar-refractivity contribution in [2.24, 2.45) is 5.92 Å². The summed E-state index contributed by atoms with van der Waals surface area (Å²) in [6, 6.07) is 3.34. The van der Waals surface area contributed by atoms with Crippen LogP contribution in [0, 0.1) is 5.92 Å².